The Bertz CT molecular complexity index is 1190. The van der Waals surface area contributed by atoms with E-state index in [0.717, 1.165) is 24.3 Å². The Kier molecular flexibility index (Phi) is 5.82. The van der Waals surface area contributed by atoms with Gasteiger partial charge in [0.25, 0.3) is 0 Å². The number of nitriles is 3. The number of ether oxygens (including phenoxy) is 2. The van der Waals surface area contributed by atoms with E-state index in [9.17, 15) is 15.8 Å². The van der Waals surface area contributed by atoms with Crippen LogP contribution in [0.1, 0.15) is 38.0 Å². The van der Waals surface area contributed by atoms with Gasteiger partial charge in [0.1, 0.15) is 6.10 Å². The second-order valence-corrected chi connectivity index (χ2v) is 8.90. The molecule has 2 heterocycles. The first-order valence-corrected chi connectivity index (χ1v) is 11.4. The van der Waals surface area contributed by atoms with E-state index >= 15 is 0 Å². The molecule has 34 heavy (non-hydrogen) atoms. The fourth-order valence-electron chi connectivity index (χ4n) is 5.49. The molecule has 2 aliphatic rings. The average Bonchev–Trinajstić information content (AvgIpc) is 3.02. The normalized spacial score (nSPS) is 28.8. The zero-order valence-electron chi connectivity index (χ0n) is 19.6. The van der Waals surface area contributed by atoms with Crippen LogP contribution in [-0.4, -0.2) is 24.8 Å². The molecule has 0 radical (unpaired) electrons. The number of hydrogen-bond donors (Lipinski definition) is 1. The lowest BCUT2D eigenvalue weighted by Gasteiger charge is -2.48. The molecule has 2 aromatic rings. The molecule has 2 aliphatic heterocycles. The van der Waals surface area contributed by atoms with Gasteiger partial charge in [-0.25, -0.2) is 0 Å². The Morgan fingerprint density at radius 2 is 1.56 bits per heavy atom. The molecule has 0 amide bonds. The molecule has 0 spiro atoms. The monoisotopic (exact) mass is 453 g/mol. The minimum Gasteiger partial charge on any atom is -0.448 e. The number of benzene rings is 2. The Hall–Kier alpha value is -3.86. The van der Waals surface area contributed by atoms with Crippen LogP contribution in [0.2, 0.25) is 0 Å². The maximum atomic E-state index is 10.5. The van der Waals surface area contributed by atoms with Gasteiger partial charge < -0.3 is 14.4 Å². The van der Waals surface area contributed by atoms with Crippen LogP contribution in [0, 0.1) is 56.2 Å². The Morgan fingerprint density at radius 3 is 2.09 bits per heavy atom. The molecule has 2 saturated heterocycles. The fraction of sp³-hybridized carbons (Fsp3) is 0.407. The molecule has 1 N–H and O–H groups in total. The smallest absolute Gasteiger partial charge is 0.215 e. The lowest BCUT2D eigenvalue weighted by atomic mass is 9.52. The minimum absolute atomic E-state index is 0.325. The van der Waals surface area contributed by atoms with Crippen molar-refractivity contribution in [2.75, 3.05) is 18.0 Å². The maximum Gasteiger partial charge on any atom is 0.215 e. The van der Waals surface area contributed by atoms with Crippen molar-refractivity contribution >= 4 is 11.6 Å². The lowest BCUT2D eigenvalue weighted by Crippen LogP contribution is -2.59. The molecule has 0 aliphatic carbocycles. The van der Waals surface area contributed by atoms with Crippen molar-refractivity contribution in [3.05, 3.63) is 65.7 Å². The molecule has 0 saturated carbocycles. The number of rotatable bonds is 6. The Labute approximate surface area is 200 Å². The van der Waals surface area contributed by atoms with Crippen LogP contribution < -0.4 is 4.90 Å². The fourth-order valence-corrected chi connectivity index (χ4v) is 5.49. The highest BCUT2D eigenvalue weighted by Gasteiger charge is 2.79. The van der Waals surface area contributed by atoms with Gasteiger partial charge in [0.2, 0.25) is 17.1 Å². The second kappa shape index (κ2) is 8.49. The zero-order valence-corrected chi connectivity index (χ0v) is 19.6. The van der Waals surface area contributed by atoms with Crippen LogP contribution in [0.3, 0.4) is 0 Å². The zero-order chi connectivity index (χ0) is 24.6. The van der Waals surface area contributed by atoms with Gasteiger partial charge in [-0.05, 0) is 43.5 Å². The van der Waals surface area contributed by atoms with Crippen molar-refractivity contribution < 1.29 is 9.47 Å². The molecule has 4 unspecified atom stereocenters. The summed E-state index contributed by atoms with van der Waals surface area (Å²) in [5.41, 5.74) is -1.24. The molecular formula is C27H27N5O2. The molecule has 2 fully saturated rings. The number of anilines is 1. The number of nitrogens with one attached hydrogen (secondary N) is 1. The Balaban J connectivity index is 1.86. The van der Waals surface area contributed by atoms with Gasteiger partial charge in [0, 0.05) is 25.7 Å². The van der Waals surface area contributed by atoms with Crippen molar-refractivity contribution in [2.45, 2.75) is 39.1 Å². The molecule has 2 aromatic carbocycles. The van der Waals surface area contributed by atoms with Gasteiger partial charge in [0.05, 0.1) is 24.1 Å². The topological polar surface area (TPSA) is 117 Å². The maximum absolute atomic E-state index is 10.5. The number of fused-ring (bicyclic) bond motifs is 2. The molecule has 172 valence electrons. The van der Waals surface area contributed by atoms with Gasteiger partial charge in [-0.3, -0.25) is 5.41 Å². The van der Waals surface area contributed by atoms with E-state index in [-0.39, 0.29) is 5.90 Å². The van der Waals surface area contributed by atoms with Crippen LogP contribution in [0.25, 0.3) is 0 Å². The molecule has 4 atom stereocenters. The van der Waals surface area contributed by atoms with Crippen LogP contribution in [0.15, 0.2) is 54.6 Å². The summed E-state index contributed by atoms with van der Waals surface area (Å²) in [6.07, 6.45) is -0.737. The van der Waals surface area contributed by atoms with Crippen LogP contribution >= 0.6 is 0 Å². The molecule has 2 bridgehead atoms. The Morgan fingerprint density at radius 1 is 0.941 bits per heavy atom. The van der Waals surface area contributed by atoms with Gasteiger partial charge in [-0.15, -0.1) is 0 Å². The van der Waals surface area contributed by atoms with Gasteiger partial charge >= 0.3 is 0 Å². The summed E-state index contributed by atoms with van der Waals surface area (Å²) in [6.45, 7) is 7.53. The summed E-state index contributed by atoms with van der Waals surface area (Å²) in [6, 6.07) is 23.5. The van der Waals surface area contributed by atoms with E-state index in [1.807, 2.05) is 54.6 Å². The quantitative estimate of drug-likeness (QED) is 0.676. The van der Waals surface area contributed by atoms with Gasteiger partial charge in [0.15, 0.2) is 5.41 Å². The molecular weight excluding hydrogens is 426 g/mol. The van der Waals surface area contributed by atoms with Crippen LogP contribution in [0.4, 0.5) is 5.69 Å². The molecule has 4 rings (SSSR count). The predicted molar refractivity (Wildman–Crippen MR) is 126 cm³/mol. The summed E-state index contributed by atoms with van der Waals surface area (Å²) in [7, 11) is 0. The average molecular weight is 454 g/mol. The van der Waals surface area contributed by atoms with E-state index < -0.39 is 28.6 Å². The summed E-state index contributed by atoms with van der Waals surface area (Å²) < 4.78 is 12.3. The van der Waals surface area contributed by atoms with Crippen LogP contribution in [-0.2, 0) is 15.9 Å². The van der Waals surface area contributed by atoms with Gasteiger partial charge in [-0.1, -0.05) is 42.5 Å². The first-order valence-electron chi connectivity index (χ1n) is 11.4. The third-order valence-electron chi connectivity index (χ3n) is 7.32. The summed E-state index contributed by atoms with van der Waals surface area (Å²) in [5.74, 6) is -2.45. The first kappa shape index (κ1) is 23.3. The van der Waals surface area contributed by atoms with E-state index in [1.54, 1.807) is 6.92 Å². The SMILES string of the molecule is CCN(CC)c1ccc(C2OC3(C)OC(=N)C(C#N)(C3Cc3ccccc3)C2(C#N)C#N)cc1. The number of nitrogens with zero attached hydrogens (tertiary/aromatic N) is 4. The standard InChI is InChI=1S/C27H27N5O2/c1-4-32(5-2)21-13-11-20(12-14-21)23-26(16-28,17-29)27(18-30)22(15-19-9-7-6-8-10-19)25(3,33-23)34-24(27)31/h6-14,22-23,31H,4-5,15H2,1-3H3. The molecule has 7 heteroatoms. The lowest BCUT2D eigenvalue weighted by molar-refractivity contribution is -0.272. The highest BCUT2D eigenvalue weighted by molar-refractivity contribution is 5.89. The second-order valence-electron chi connectivity index (χ2n) is 8.90. The van der Waals surface area contributed by atoms with E-state index in [0.29, 0.717) is 12.0 Å². The minimum atomic E-state index is -1.97. The highest BCUT2D eigenvalue weighted by Crippen LogP contribution is 2.67. The highest BCUT2D eigenvalue weighted by atomic mass is 16.7. The van der Waals surface area contributed by atoms with E-state index in [1.165, 1.54) is 0 Å². The summed E-state index contributed by atoms with van der Waals surface area (Å²) >= 11 is 0. The summed E-state index contributed by atoms with van der Waals surface area (Å²) in [5, 5.41) is 40.0. The largest absolute Gasteiger partial charge is 0.448 e. The third-order valence-corrected chi connectivity index (χ3v) is 7.32. The summed E-state index contributed by atoms with van der Waals surface area (Å²) in [4.78, 5) is 2.18. The van der Waals surface area contributed by atoms with E-state index in [2.05, 4.69) is 37.0 Å². The van der Waals surface area contributed by atoms with Crippen molar-refractivity contribution in [1.82, 2.24) is 0 Å². The van der Waals surface area contributed by atoms with Crippen molar-refractivity contribution in [3.8, 4) is 18.2 Å². The first-order chi connectivity index (χ1) is 16.4. The van der Waals surface area contributed by atoms with E-state index in [4.69, 9.17) is 14.9 Å². The van der Waals surface area contributed by atoms with Crippen LogP contribution in [0.5, 0.6) is 0 Å². The molecule has 7 nitrogen and oxygen atoms in total. The predicted octanol–water partition coefficient (Wildman–Crippen LogP) is 4.73. The van der Waals surface area contributed by atoms with Crippen molar-refractivity contribution in [1.29, 1.82) is 21.2 Å². The van der Waals surface area contributed by atoms with Gasteiger partial charge in [-0.2, -0.15) is 15.8 Å². The van der Waals surface area contributed by atoms with Crippen molar-refractivity contribution in [3.63, 3.8) is 0 Å². The molecule has 0 aromatic heterocycles. The number of hydrogen-bond acceptors (Lipinski definition) is 7. The third kappa shape index (κ3) is 3.07. The van der Waals surface area contributed by atoms with Crippen molar-refractivity contribution in [2.24, 2.45) is 16.7 Å².